The second kappa shape index (κ2) is 6.49. The van der Waals surface area contributed by atoms with Gasteiger partial charge in [0.05, 0.1) is 16.3 Å². The fourth-order valence-electron chi connectivity index (χ4n) is 2.53. The standard InChI is InChI=1S/C15H23N3O2S/c1-4-7-17-14(19)13-11(16)9-12(21-13)18-8-5-6-15(2,10-18)20-3/h4,9H,1,5-8,10,16H2,2-3H3,(H,17,19). The number of hydrogen-bond acceptors (Lipinski definition) is 5. The van der Waals surface area contributed by atoms with Gasteiger partial charge in [-0.25, -0.2) is 0 Å². The number of nitrogen functional groups attached to an aromatic ring is 1. The van der Waals surface area contributed by atoms with Crippen LogP contribution in [0.4, 0.5) is 10.7 Å². The molecule has 21 heavy (non-hydrogen) atoms. The van der Waals surface area contributed by atoms with Gasteiger partial charge in [-0.15, -0.1) is 17.9 Å². The van der Waals surface area contributed by atoms with Gasteiger partial charge in [-0.3, -0.25) is 4.79 Å². The van der Waals surface area contributed by atoms with Gasteiger partial charge in [0.25, 0.3) is 5.91 Å². The third-order valence-electron chi connectivity index (χ3n) is 3.82. The fraction of sp³-hybridized carbons (Fsp3) is 0.533. The molecule has 1 aromatic heterocycles. The number of hydrogen-bond donors (Lipinski definition) is 2. The number of anilines is 2. The number of thiophene rings is 1. The molecular formula is C15H23N3O2S. The van der Waals surface area contributed by atoms with Crippen molar-refractivity contribution in [3.8, 4) is 0 Å². The Balaban J connectivity index is 2.14. The lowest BCUT2D eigenvalue weighted by Crippen LogP contribution is -2.47. The van der Waals surface area contributed by atoms with Gasteiger partial charge in [0, 0.05) is 26.7 Å². The molecule has 1 aliphatic rings. The van der Waals surface area contributed by atoms with Crippen LogP contribution in [0, 0.1) is 0 Å². The average Bonchev–Trinajstić information content (AvgIpc) is 2.87. The molecule has 1 unspecified atom stereocenters. The van der Waals surface area contributed by atoms with E-state index in [1.54, 1.807) is 13.2 Å². The van der Waals surface area contributed by atoms with Crippen LogP contribution in [0.1, 0.15) is 29.4 Å². The van der Waals surface area contributed by atoms with E-state index in [1.165, 1.54) is 11.3 Å². The van der Waals surface area contributed by atoms with E-state index in [0.717, 1.165) is 30.9 Å². The topological polar surface area (TPSA) is 67.6 Å². The Kier molecular flexibility index (Phi) is 4.90. The highest BCUT2D eigenvalue weighted by atomic mass is 32.1. The third kappa shape index (κ3) is 3.57. The smallest absolute Gasteiger partial charge is 0.263 e. The highest BCUT2D eigenvalue weighted by Crippen LogP contribution is 2.36. The van der Waals surface area contributed by atoms with E-state index in [9.17, 15) is 4.79 Å². The first-order valence-corrected chi connectivity index (χ1v) is 7.89. The Morgan fingerprint density at radius 2 is 2.48 bits per heavy atom. The van der Waals surface area contributed by atoms with E-state index in [0.29, 0.717) is 17.1 Å². The van der Waals surface area contributed by atoms with Crippen LogP contribution in [0.5, 0.6) is 0 Å². The summed E-state index contributed by atoms with van der Waals surface area (Å²) in [7, 11) is 1.75. The minimum atomic E-state index is -0.143. The zero-order valence-electron chi connectivity index (χ0n) is 12.6. The largest absolute Gasteiger partial charge is 0.397 e. The lowest BCUT2D eigenvalue weighted by Gasteiger charge is -2.39. The minimum Gasteiger partial charge on any atom is -0.397 e. The number of nitrogens with zero attached hydrogens (tertiary/aromatic N) is 1. The molecule has 1 aliphatic heterocycles. The molecule has 0 spiro atoms. The summed E-state index contributed by atoms with van der Waals surface area (Å²) in [6.45, 7) is 7.93. The van der Waals surface area contributed by atoms with Gasteiger partial charge in [-0.1, -0.05) is 6.08 Å². The second-order valence-electron chi connectivity index (χ2n) is 5.55. The summed E-state index contributed by atoms with van der Waals surface area (Å²) in [5.74, 6) is -0.143. The molecule has 1 atom stereocenters. The fourth-order valence-corrected chi connectivity index (χ4v) is 3.55. The van der Waals surface area contributed by atoms with Crippen molar-refractivity contribution in [1.29, 1.82) is 0 Å². The van der Waals surface area contributed by atoms with Gasteiger partial charge in [0.15, 0.2) is 0 Å². The van der Waals surface area contributed by atoms with Gasteiger partial charge in [-0.2, -0.15) is 0 Å². The Morgan fingerprint density at radius 1 is 1.71 bits per heavy atom. The average molecular weight is 309 g/mol. The van der Waals surface area contributed by atoms with Crippen LogP contribution in [-0.4, -0.2) is 38.3 Å². The number of carbonyl (C=O) groups excluding carboxylic acids is 1. The number of rotatable bonds is 5. The van der Waals surface area contributed by atoms with E-state index in [2.05, 4.69) is 23.7 Å². The molecule has 0 aromatic carbocycles. The summed E-state index contributed by atoms with van der Waals surface area (Å²) in [5, 5.41) is 3.79. The first-order valence-electron chi connectivity index (χ1n) is 7.07. The number of ether oxygens (including phenoxy) is 1. The van der Waals surface area contributed by atoms with Crippen LogP contribution in [-0.2, 0) is 4.74 Å². The van der Waals surface area contributed by atoms with Crippen molar-refractivity contribution in [2.75, 3.05) is 37.4 Å². The Morgan fingerprint density at radius 3 is 3.14 bits per heavy atom. The van der Waals surface area contributed by atoms with Crippen molar-refractivity contribution in [3.05, 3.63) is 23.6 Å². The summed E-state index contributed by atoms with van der Waals surface area (Å²) in [6.07, 6.45) is 3.77. The Hall–Kier alpha value is -1.53. The maximum atomic E-state index is 12.0. The van der Waals surface area contributed by atoms with Crippen molar-refractivity contribution in [1.82, 2.24) is 5.32 Å². The lowest BCUT2D eigenvalue weighted by molar-refractivity contribution is -0.00451. The van der Waals surface area contributed by atoms with E-state index < -0.39 is 0 Å². The summed E-state index contributed by atoms with van der Waals surface area (Å²) in [4.78, 5) is 14.8. The molecule has 3 N–H and O–H groups in total. The Bertz CT molecular complexity index is 529. The van der Waals surface area contributed by atoms with Gasteiger partial charge in [0.1, 0.15) is 4.88 Å². The van der Waals surface area contributed by atoms with E-state index in [1.807, 2.05) is 6.07 Å². The van der Waals surface area contributed by atoms with Gasteiger partial charge in [0.2, 0.25) is 0 Å². The monoisotopic (exact) mass is 309 g/mol. The van der Waals surface area contributed by atoms with Crippen LogP contribution < -0.4 is 16.0 Å². The van der Waals surface area contributed by atoms with E-state index in [-0.39, 0.29) is 11.5 Å². The molecule has 1 fully saturated rings. The third-order valence-corrected chi connectivity index (χ3v) is 5.03. The minimum absolute atomic E-state index is 0.137. The number of nitrogens with two attached hydrogens (primary N) is 1. The molecule has 0 saturated carbocycles. The van der Waals surface area contributed by atoms with Crippen LogP contribution in [0.2, 0.25) is 0 Å². The number of carbonyl (C=O) groups is 1. The molecule has 0 bridgehead atoms. The SMILES string of the molecule is C=CCNC(=O)c1sc(N2CCCC(C)(OC)C2)cc1N. The zero-order chi connectivity index (χ0) is 15.5. The van der Waals surface area contributed by atoms with Crippen LogP contribution in [0.3, 0.4) is 0 Å². The van der Waals surface area contributed by atoms with Crippen LogP contribution in [0.15, 0.2) is 18.7 Å². The number of methoxy groups -OCH3 is 1. The maximum Gasteiger partial charge on any atom is 0.263 e. The lowest BCUT2D eigenvalue weighted by atomic mass is 9.95. The second-order valence-corrected chi connectivity index (χ2v) is 6.58. The number of amides is 1. The first kappa shape index (κ1) is 15.9. The molecule has 2 heterocycles. The Labute approximate surface area is 129 Å². The molecule has 116 valence electrons. The quantitative estimate of drug-likeness (QED) is 0.819. The molecule has 1 amide bonds. The van der Waals surface area contributed by atoms with E-state index in [4.69, 9.17) is 10.5 Å². The van der Waals surface area contributed by atoms with Crippen molar-refractivity contribution in [3.63, 3.8) is 0 Å². The van der Waals surface area contributed by atoms with Crippen molar-refractivity contribution >= 4 is 27.9 Å². The normalized spacial score (nSPS) is 22.1. The predicted octanol–water partition coefficient (Wildman–Crippen LogP) is 2.25. The van der Waals surface area contributed by atoms with Crippen LogP contribution in [0.25, 0.3) is 0 Å². The van der Waals surface area contributed by atoms with Crippen molar-refractivity contribution < 1.29 is 9.53 Å². The molecular weight excluding hydrogens is 286 g/mol. The summed E-state index contributed by atoms with van der Waals surface area (Å²) < 4.78 is 5.61. The zero-order valence-corrected chi connectivity index (χ0v) is 13.5. The molecule has 1 aromatic rings. The van der Waals surface area contributed by atoms with Gasteiger partial charge < -0.3 is 20.7 Å². The summed E-state index contributed by atoms with van der Waals surface area (Å²) in [5.41, 5.74) is 6.38. The van der Waals surface area contributed by atoms with E-state index >= 15 is 0 Å². The summed E-state index contributed by atoms with van der Waals surface area (Å²) >= 11 is 1.43. The highest BCUT2D eigenvalue weighted by Gasteiger charge is 2.32. The van der Waals surface area contributed by atoms with Crippen molar-refractivity contribution in [2.24, 2.45) is 0 Å². The molecule has 0 radical (unpaired) electrons. The van der Waals surface area contributed by atoms with Gasteiger partial charge >= 0.3 is 0 Å². The highest BCUT2D eigenvalue weighted by molar-refractivity contribution is 7.18. The predicted molar refractivity (Wildman–Crippen MR) is 88.1 cm³/mol. The molecule has 6 heteroatoms. The number of piperidine rings is 1. The molecule has 5 nitrogen and oxygen atoms in total. The first-order chi connectivity index (χ1) is 9.99. The molecule has 2 rings (SSSR count). The maximum absolute atomic E-state index is 12.0. The number of nitrogens with one attached hydrogen (secondary N) is 1. The molecule has 0 aliphatic carbocycles. The molecule has 1 saturated heterocycles. The van der Waals surface area contributed by atoms with Crippen molar-refractivity contribution in [2.45, 2.75) is 25.4 Å². The summed E-state index contributed by atoms with van der Waals surface area (Å²) in [6, 6.07) is 1.88. The van der Waals surface area contributed by atoms with Gasteiger partial charge in [-0.05, 0) is 25.8 Å². The van der Waals surface area contributed by atoms with Crippen LogP contribution >= 0.6 is 11.3 Å².